The highest BCUT2D eigenvalue weighted by Crippen LogP contribution is 2.35. The predicted octanol–water partition coefficient (Wildman–Crippen LogP) is 6.82. The Morgan fingerprint density at radius 2 is 1.30 bits per heavy atom. The van der Waals surface area contributed by atoms with E-state index >= 15 is 0 Å². The first kappa shape index (κ1) is 23.0. The number of allylic oxidation sites excluding steroid dienone is 1. The standard InChI is InChI=1S/C26H22F4O3/c1-3-4-15-13-32-26(33-14-15)20-10-9-18(22(27)24(20)29)16-5-7-17(8-6-16)19-11-12-21(31-2)25(30)23(19)28/h3-12,15,26H,13-14H2,1-2H3/b4-3+. The van der Waals surface area contributed by atoms with Gasteiger partial charge >= 0.3 is 0 Å². The largest absolute Gasteiger partial charge is 0.494 e. The van der Waals surface area contributed by atoms with E-state index in [1.165, 1.54) is 55.6 Å². The van der Waals surface area contributed by atoms with E-state index in [9.17, 15) is 17.6 Å². The van der Waals surface area contributed by atoms with Crippen molar-refractivity contribution in [3.63, 3.8) is 0 Å². The molecule has 0 radical (unpaired) electrons. The number of hydrogen-bond donors (Lipinski definition) is 0. The predicted molar refractivity (Wildman–Crippen MR) is 117 cm³/mol. The molecule has 0 saturated carbocycles. The van der Waals surface area contributed by atoms with Crippen molar-refractivity contribution in [1.29, 1.82) is 0 Å². The second-order valence-electron chi connectivity index (χ2n) is 7.64. The van der Waals surface area contributed by atoms with Crippen molar-refractivity contribution in [2.24, 2.45) is 5.92 Å². The van der Waals surface area contributed by atoms with Crippen molar-refractivity contribution in [2.75, 3.05) is 20.3 Å². The van der Waals surface area contributed by atoms with Gasteiger partial charge < -0.3 is 14.2 Å². The Morgan fingerprint density at radius 1 is 0.758 bits per heavy atom. The average molecular weight is 458 g/mol. The van der Waals surface area contributed by atoms with E-state index in [0.717, 1.165) is 0 Å². The maximum absolute atomic E-state index is 14.9. The van der Waals surface area contributed by atoms with Gasteiger partial charge in [-0.3, -0.25) is 0 Å². The maximum Gasteiger partial charge on any atom is 0.201 e. The van der Waals surface area contributed by atoms with E-state index in [0.29, 0.717) is 24.3 Å². The molecule has 0 amide bonds. The Kier molecular flexibility index (Phi) is 6.81. The topological polar surface area (TPSA) is 27.7 Å². The summed E-state index contributed by atoms with van der Waals surface area (Å²) >= 11 is 0. The minimum atomic E-state index is -1.09. The number of benzene rings is 3. The Bertz CT molecular complexity index is 1170. The first-order valence-electron chi connectivity index (χ1n) is 10.4. The van der Waals surface area contributed by atoms with Crippen LogP contribution in [0.1, 0.15) is 18.8 Å². The summed E-state index contributed by atoms with van der Waals surface area (Å²) in [6.07, 6.45) is 2.84. The summed E-state index contributed by atoms with van der Waals surface area (Å²) in [6, 6.07) is 11.7. The number of rotatable bonds is 5. The van der Waals surface area contributed by atoms with E-state index in [4.69, 9.17) is 14.2 Å². The van der Waals surface area contributed by atoms with Crippen molar-refractivity contribution < 1.29 is 31.8 Å². The highest BCUT2D eigenvalue weighted by Gasteiger charge is 2.27. The molecule has 0 aromatic heterocycles. The summed E-state index contributed by atoms with van der Waals surface area (Å²) in [5.41, 5.74) is 0.823. The molecule has 4 rings (SSSR count). The third kappa shape index (κ3) is 4.51. The molecule has 0 bridgehead atoms. The van der Waals surface area contributed by atoms with Crippen LogP contribution < -0.4 is 4.74 Å². The maximum atomic E-state index is 14.9. The lowest BCUT2D eigenvalue weighted by atomic mass is 9.98. The third-order valence-electron chi connectivity index (χ3n) is 5.53. The van der Waals surface area contributed by atoms with Crippen LogP contribution in [0.4, 0.5) is 17.6 Å². The summed E-state index contributed by atoms with van der Waals surface area (Å²) in [6.45, 7) is 2.59. The molecule has 172 valence electrons. The van der Waals surface area contributed by atoms with Crippen molar-refractivity contribution >= 4 is 0 Å². The molecule has 0 spiro atoms. The molecule has 33 heavy (non-hydrogen) atoms. The van der Waals surface area contributed by atoms with Crippen LogP contribution in [0, 0.1) is 29.2 Å². The molecular weight excluding hydrogens is 436 g/mol. The molecule has 1 fully saturated rings. The van der Waals surface area contributed by atoms with Crippen LogP contribution in [0.15, 0.2) is 60.7 Å². The fourth-order valence-electron chi connectivity index (χ4n) is 3.79. The summed E-state index contributed by atoms with van der Waals surface area (Å²) in [5.74, 6) is -4.35. The SMILES string of the molecule is C/C=C/C1COC(c2ccc(-c3ccc(-c4ccc(OC)c(F)c4F)cc3)c(F)c2F)OC1. The van der Waals surface area contributed by atoms with Crippen LogP contribution in [0.3, 0.4) is 0 Å². The second-order valence-corrected chi connectivity index (χ2v) is 7.64. The van der Waals surface area contributed by atoms with Gasteiger partial charge in [0.1, 0.15) is 0 Å². The van der Waals surface area contributed by atoms with Crippen LogP contribution >= 0.6 is 0 Å². The Morgan fingerprint density at radius 3 is 1.85 bits per heavy atom. The van der Waals surface area contributed by atoms with Crippen molar-refractivity contribution in [2.45, 2.75) is 13.2 Å². The quantitative estimate of drug-likeness (QED) is 0.310. The van der Waals surface area contributed by atoms with E-state index < -0.39 is 29.6 Å². The Labute approximate surface area is 189 Å². The van der Waals surface area contributed by atoms with Gasteiger partial charge in [0.15, 0.2) is 29.5 Å². The highest BCUT2D eigenvalue weighted by molar-refractivity contribution is 5.71. The van der Waals surface area contributed by atoms with Crippen molar-refractivity contribution in [1.82, 2.24) is 0 Å². The smallest absolute Gasteiger partial charge is 0.201 e. The fourth-order valence-corrected chi connectivity index (χ4v) is 3.79. The van der Waals surface area contributed by atoms with Crippen LogP contribution in [-0.4, -0.2) is 20.3 Å². The molecule has 0 atom stereocenters. The van der Waals surface area contributed by atoms with Crippen LogP contribution in [0.5, 0.6) is 5.75 Å². The van der Waals surface area contributed by atoms with E-state index in [1.54, 1.807) is 0 Å². The molecule has 0 aliphatic carbocycles. The van der Waals surface area contributed by atoms with E-state index in [1.807, 2.05) is 19.1 Å². The van der Waals surface area contributed by atoms with E-state index in [-0.39, 0.29) is 28.4 Å². The number of halogens is 4. The number of methoxy groups -OCH3 is 1. The summed E-state index contributed by atoms with van der Waals surface area (Å²) in [5, 5.41) is 0. The average Bonchev–Trinajstić information content (AvgIpc) is 2.84. The first-order valence-corrected chi connectivity index (χ1v) is 10.4. The Hall–Kier alpha value is -3.16. The minimum Gasteiger partial charge on any atom is -0.494 e. The van der Waals surface area contributed by atoms with Gasteiger partial charge in [-0.05, 0) is 30.2 Å². The lowest BCUT2D eigenvalue weighted by Gasteiger charge is -2.28. The van der Waals surface area contributed by atoms with Gasteiger partial charge in [0.25, 0.3) is 0 Å². The molecule has 7 heteroatoms. The van der Waals surface area contributed by atoms with Crippen LogP contribution in [0.25, 0.3) is 22.3 Å². The normalized spacial score (nSPS) is 18.6. The first-order chi connectivity index (χ1) is 15.9. The third-order valence-corrected chi connectivity index (χ3v) is 5.53. The second kappa shape index (κ2) is 9.77. The molecule has 3 nitrogen and oxygen atoms in total. The summed E-state index contributed by atoms with van der Waals surface area (Å²) < 4.78 is 74.0. The zero-order valence-corrected chi connectivity index (χ0v) is 18.1. The molecule has 1 aliphatic heterocycles. The molecule has 3 aromatic carbocycles. The van der Waals surface area contributed by atoms with Crippen molar-refractivity contribution in [3.8, 4) is 28.0 Å². The van der Waals surface area contributed by atoms with E-state index in [2.05, 4.69) is 0 Å². The van der Waals surface area contributed by atoms with Gasteiger partial charge in [-0.15, -0.1) is 0 Å². The summed E-state index contributed by atoms with van der Waals surface area (Å²) in [4.78, 5) is 0. The zero-order valence-electron chi connectivity index (χ0n) is 18.1. The monoisotopic (exact) mass is 458 g/mol. The van der Waals surface area contributed by atoms with Gasteiger partial charge in [0, 0.05) is 22.6 Å². The zero-order chi connectivity index (χ0) is 23.5. The van der Waals surface area contributed by atoms with Gasteiger partial charge in [-0.1, -0.05) is 48.6 Å². The molecule has 1 heterocycles. The lowest BCUT2D eigenvalue weighted by Crippen LogP contribution is -2.26. The summed E-state index contributed by atoms with van der Waals surface area (Å²) in [7, 11) is 1.25. The lowest BCUT2D eigenvalue weighted by molar-refractivity contribution is -0.199. The molecular formula is C26H22F4O3. The van der Waals surface area contributed by atoms with Crippen LogP contribution in [0.2, 0.25) is 0 Å². The fraction of sp³-hybridized carbons (Fsp3) is 0.231. The minimum absolute atomic E-state index is 0.0115. The highest BCUT2D eigenvalue weighted by atomic mass is 19.2. The number of ether oxygens (including phenoxy) is 3. The molecule has 1 aliphatic rings. The van der Waals surface area contributed by atoms with Gasteiger partial charge in [0.2, 0.25) is 5.82 Å². The molecule has 0 unspecified atom stereocenters. The van der Waals surface area contributed by atoms with Gasteiger partial charge in [0.05, 0.1) is 20.3 Å². The molecule has 1 saturated heterocycles. The molecule has 3 aromatic rings. The van der Waals surface area contributed by atoms with Gasteiger partial charge in [-0.25, -0.2) is 13.2 Å². The number of hydrogen-bond acceptors (Lipinski definition) is 3. The Balaban J connectivity index is 1.58. The van der Waals surface area contributed by atoms with Crippen LogP contribution in [-0.2, 0) is 9.47 Å². The van der Waals surface area contributed by atoms with Gasteiger partial charge in [-0.2, -0.15) is 4.39 Å². The van der Waals surface area contributed by atoms with Crippen molar-refractivity contribution in [3.05, 3.63) is 89.5 Å². The molecule has 0 N–H and O–H groups in total.